The molecule has 4 atom stereocenters. The summed E-state index contributed by atoms with van der Waals surface area (Å²) in [6.45, 7) is 29.8. The Balaban J connectivity index is 1.42. The first-order valence-electron chi connectivity index (χ1n) is 26.5. The van der Waals surface area contributed by atoms with E-state index in [2.05, 4.69) is 115 Å². The molecule has 1 aliphatic rings. The van der Waals surface area contributed by atoms with Crippen molar-refractivity contribution in [3.05, 3.63) is 78.3 Å². The van der Waals surface area contributed by atoms with Crippen molar-refractivity contribution in [2.75, 3.05) is 6.54 Å². The van der Waals surface area contributed by atoms with Crippen molar-refractivity contribution in [2.45, 2.75) is 191 Å². The number of thiophene rings is 4. The summed E-state index contributed by atoms with van der Waals surface area (Å²) in [6.07, 6.45) is 21.9. The molecule has 0 N–H and O–H groups in total. The van der Waals surface area contributed by atoms with E-state index in [1.165, 1.54) is 146 Å². The van der Waals surface area contributed by atoms with Crippen LogP contribution in [0, 0.1) is 37.5 Å². The maximum absolute atomic E-state index is 15.4. The highest BCUT2D eigenvalue weighted by molar-refractivity contribution is 7.31. The number of fused-ring (bicyclic) bond motifs is 4. The fraction of sp³-hybridized carbons (Fsp3) is 0.576. The third-order valence-corrected chi connectivity index (χ3v) is 19.9. The second-order valence-electron chi connectivity index (χ2n) is 20.0. The first kappa shape index (κ1) is 50.9. The molecule has 1 aliphatic heterocycles. The van der Waals surface area contributed by atoms with Crippen LogP contribution < -0.4 is 10.6 Å². The number of carbonyl (C=O) groups excluding carboxylic acids is 1. The van der Waals surface area contributed by atoms with Crippen LogP contribution >= 0.6 is 45.3 Å². The van der Waals surface area contributed by atoms with E-state index in [1.54, 1.807) is 11.1 Å². The predicted molar refractivity (Wildman–Crippen MR) is 297 cm³/mol. The minimum Gasteiger partial charge on any atom is -0.339 e. The van der Waals surface area contributed by atoms with Crippen LogP contribution in [-0.4, -0.2) is 21.9 Å². The van der Waals surface area contributed by atoms with Gasteiger partial charge in [-0.3, -0.25) is 4.79 Å². The molecule has 0 radical (unpaired) electrons. The number of benzene rings is 1. The average molecular weight is 964 g/mol. The molecule has 1 aromatic carbocycles. The third kappa shape index (κ3) is 10.8. The van der Waals surface area contributed by atoms with E-state index in [9.17, 15) is 0 Å². The normalized spacial score (nSPS) is 14.9. The summed E-state index contributed by atoms with van der Waals surface area (Å²) in [6, 6.07) is 14.3. The largest absolute Gasteiger partial charge is 0.339 e. The molecule has 0 aliphatic carbocycles. The van der Waals surface area contributed by atoms with Crippen LogP contribution in [0.15, 0.2) is 36.4 Å². The van der Waals surface area contributed by atoms with Crippen LogP contribution in [0.3, 0.4) is 0 Å². The highest BCUT2D eigenvalue weighted by atomic mass is 32.1. The number of carbonyl (C=O) groups is 1. The van der Waals surface area contributed by atoms with Crippen molar-refractivity contribution in [1.29, 1.82) is 0 Å². The highest BCUT2D eigenvalue weighted by Crippen LogP contribution is 2.49. The van der Waals surface area contributed by atoms with Crippen molar-refractivity contribution in [3.8, 4) is 20.3 Å². The maximum Gasteiger partial charge on any atom is 0.261 e. The van der Waals surface area contributed by atoms with E-state index in [4.69, 9.17) is 6.58 Å². The topological polar surface area (TPSA) is 25.2 Å². The lowest BCUT2D eigenvalue weighted by Gasteiger charge is -2.26. The van der Waals surface area contributed by atoms with Crippen LogP contribution in [-0.2, 0) is 19.4 Å². The van der Waals surface area contributed by atoms with Gasteiger partial charge in [-0.05, 0) is 121 Å². The van der Waals surface area contributed by atoms with Gasteiger partial charge in [-0.1, -0.05) is 152 Å². The van der Waals surface area contributed by atoms with Gasteiger partial charge in [-0.25, -0.2) is 0 Å². The molecule has 0 spiro atoms. The van der Waals surface area contributed by atoms with Gasteiger partial charge in [0.2, 0.25) is 0 Å². The lowest BCUT2D eigenvalue weighted by molar-refractivity contribution is 0.0825. The second kappa shape index (κ2) is 23.6. The van der Waals surface area contributed by atoms with E-state index in [-0.39, 0.29) is 5.91 Å². The number of aromatic nitrogens is 1. The van der Waals surface area contributed by atoms with Gasteiger partial charge < -0.3 is 9.47 Å². The number of unbranched alkanes of at least 4 members (excludes halogenated alkanes) is 4. The van der Waals surface area contributed by atoms with Gasteiger partial charge in [0.05, 0.1) is 36.1 Å². The van der Waals surface area contributed by atoms with Crippen LogP contribution in [0.1, 0.15) is 194 Å². The predicted octanol–water partition coefficient (Wildman–Crippen LogP) is 18.0. The monoisotopic (exact) mass is 963 g/mol. The minimum atomic E-state index is 0.170. The molecule has 7 heteroatoms. The Kier molecular flexibility index (Phi) is 18.2. The Morgan fingerprint density at radius 2 is 1.06 bits per heavy atom. The molecular weight excluding hydrogens is 881 g/mol. The molecule has 5 aromatic heterocycles. The maximum atomic E-state index is 15.4. The summed E-state index contributed by atoms with van der Waals surface area (Å²) in [5.41, 5.74) is 6.37. The molecule has 3 nitrogen and oxygen atoms in total. The zero-order valence-electron chi connectivity index (χ0n) is 42.6. The molecule has 0 bridgehead atoms. The van der Waals surface area contributed by atoms with Crippen LogP contribution in [0.5, 0.6) is 0 Å². The molecule has 66 heavy (non-hydrogen) atoms. The molecule has 4 unspecified atom stereocenters. The number of rotatable bonds is 27. The van der Waals surface area contributed by atoms with Gasteiger partial charge in [0.25, 0.3) is 5.91 Å². The first-order chi connectivity index (χ1) is 32.0. The quantitative estimate of drug-likeness (QED) is 0.0505. The molecule has 0 saturated carbocycles. The second-order valence-corrected chi connectivity index (χ2v) is 24.7. The third-order valence-electron chi connectivity index (χ3n) is 15.2. The number of nitrogens with zero attached hydrogens (tertiary/aromatic N) is 2. The molecule has 6 aromatic rings. The van der Waals surface area contributed by atoms with Crippen molar-refractivity contribution in [3.63, 3.8) is 0 Å². The Morgan fingerprint density at radius 3 is 1.61 bits per heavy atom. The van der Waals surface area contributed by atoms with Gasteiger partial charge >= 0.3 is 0 Å². The average Bonchev–Trinajstić information content (AvgIpc) is 4.19. The van der Waals surface area contributed by atoms with E-state index < -0.39 is 0 Å². The molecule has 7 rings (SSSR count). The number of amides is 1. The lowest BCUT2D eigenvalue weighted by Crippen LogP contribution is -2.35. The highest BCUT2D eigenvalue weighted by Gasteiger charge is 2.38. The molecule has 0 saturated heterocycles. The smallest absolute Gasteiger partial charge is 0.261 e. The molecular formula is C59H82N2OS4. The Morgan fingerprint density at radius 1 is 0.545 bits per heavy atom. The SMILES string of the molecule is C=c1c2c(c(-c3ccc(-c4cc5c(CC(CC)CCCC)c(CC(CC)CCCC)c6cc(C)sc6c5s4)s3)n1CC(CC)CCCC)C(=O)N(CC(CC)CCCC)C=2c1ccc(C)s1. The Labute approximate surface area is 415 Å². The van der Waals surface area contributed by atoms with E-state index >= 15 is 4.79 Å². The lowest BCUT2D eigenvalue weighted by atomic mass is 9.83. The van der Waals surface area contributed by atoms with Gasteiger partial charge in [-0.2, -0.15) is 0 Å². The van der Waals surface area contributed by atoms with Crippen molar-refractivity contribution >= 4 is 83.7 Å². The molecule has 0 fully saturated rings. The van der Waals surface area contributed by atoms with Crippen molar-refractivity contribution < 1.29 is 4.79 Å². The Hall–Kier alpha value is -2.97. The number of hydrogen-bond donors (Lipinski definition) is 0. The van der Waals surface area contributed by atoms with E-state index in [1.807, 2.05) is 45.3 Å². The zero-order valence-corrected chi connectivity index (χ0v) is 45.8. The van der Waals surface area contributed by atoms with Gasteiger partial charge in [0.1, 0.15) is 0 Å². The fourth-order valence-electron chi connectivity index (χ4n) is 11.0. The summed E-state index contributed by atoms with van der Waals surface area (Å²) < 4.78 is 5.47. The van der Waals surface area contributed by atoms with Gasteiger partial charge in [-0.15, -0.1) is 45.3 Å². The summed E-state index contributed by atoms with van der Waals surface area (Å²) in [5.74, 6) is 2.57. The summed E-state index contributed by atoms with van der Waals surface area (Å²) >= 11 is 7.73. The van der Waals surface area contributed by atoms with Crippen LogP contribution in [0.4, 0.5) is 0 Å². The zero-order chi connectivity index (χ0) is 47.1. The summed E-state index contributed by atoms with van der Waals surface area (Å²) in [4.78, 5) is 25.3. The van der Waals surface area contributed by atoms with Gasteiger partial charge in [0.15, 0.2) is 0 Å². The minimum absolute atomic E-state index is 0.170. The first-order valence-corrected chi connectivity index (χ1v) is 29.7. The van der Waals surface area contributed by atoms with E-state index in [0.29, 0.717) is 23.7 Å². The number of hydrogen-bond acceptors (Lipinski definition) is 5. The van der Waals surface area contributed by atoms with Crippen LogP contribution in [0.2, 0.25) is 0 Å². The van der Waals surface area contributed by atoms with Crippen molar-refractivity contribution in [1.82, 2.24) is 9.47 Å². The molecule has 358 valence electrons. The fourth-order valence-corrected chi connectivity index (χ4v) is 15.4. The van der Waals surface area contributed by atoms with Crippen LogP contribution in [0.25, 0.3) is 52.8 Å². The molecule has 6 heterocycles. The molecule has 1 amide bonds. The van der Waals surface area contributed by atoms with Gasteiger partial charge in [0, 0.05) is 43.2 Å². The van der Waals surface area contributed by atoms with Crippen molar-refractivity contribution in [2.24, 2.45) is 23.7 Å². The summed E-state index contributed by atoms with van der Waals surface area (Å²) in [5, 5.41) is 5.12. The Bertz CT molecular complexity index is 2660. The number of aryl methyl sites for hydroxylation is 2. The van der Waals surface area contributed by atoms with E-state index in [0.717, 1.165) is 59.9 Å². The summed E-state index contributed by atoms with van der Waals surface area (Å²) in [7, 11) is 0. The standard InChI is InChI=1S/C59H82N2OS4/c1-12-20-24-41(16-5)33-45-46(34-42(17-6)25-21-13-2)48-35-52(66-58(48)57-47(45)32-39(10)64-57)49-30-31-51(65-49)56-54-53(40(11)60(56)36-43(18-7)26-22-14-3)55(50-29-28-38(9)63-50)61(59(54)62)37-44(19-8)27-23-15-4/h28-32,35,41-44H,11-27,33-34,36-37H2,1-10H3.